The van der Waals surface area contributed by atoms with Gasteiger partial charge in [0.25, 0.3) is 5.56 Å². The summed E-state index contributed by atoms with van der Waals surface area (Å²) < 4.78 is 23.5. The standard InChI is InChI=1S/C19H19N3O3S/c1-26(24,25)19-20-17-12-22(10-9-16(17)18(23)21-19)11-14-7-4-6-13-5-2-3-8-15(13)14/h2-8H,9-12H2,1H3,(H,20,21,23). The molecule has 0 unspecified atom stereocenters. The Morgan fingerprint density at radius 1 is 1.15 bits per heavy atom. The summed E-state index contributed by atoms with van der Waals surface area (Å²) in [4.78, 5) is 21.0. The van der Waals surface area contributed by atoms with Crippen LogP contribution in [0.3, 0.4) is 0 Å². The molecule has 1 aromatic heterocycles. The fourth-order valence-corrected chi connectivity index (χ4v) is 4.01. The van der Waals surface area contributed by atoms with Gasteiger partial charge in [-0.05, 0) is 22.8 Å². The Hall–Kier alpha value is -2.51. The Morgan fingerprint density at radius 2 is 1.92 bits per heavy atom. The van der Waals surface area contributed by atoms with Crippen LogP contribution in [0, 0.1) is 0 Å². The van der Waals surface area contributed by atoms with Crippen LogP contribution in [-0.2, 0) is 29.3 Å². The summed E-state index contributed by atoms with van der Waals surface area (Å²) in [5.74, 6) is 0. The average molecular weight is 369 g/mol. The van der Waals surface area contributed by atoms with Crippen molar-refractivity contribution in [2.24, 2.45) is 0 Å². The van der Waals surface area contributed by atoms with Gasteiger partial charge in [-0.15, -0.1) is 0 Å². The van der Waals surface area contributed by atoms with Crippen LogP contribution >= 0.6 is 0 Å². The van der Waals surface area contributed by atoms with Crippen molar-refractivity contribution < 1.29 is 8.42 Å². The zero-order valence-electron chi connectivity index (χ0n) is 14.4. The first-order valence-corrected chi connectivity index (χ1v) is 10.3. The molecule has 1 N–H and O–H groups in total. The molecule has 0 aliphatic carbocycles. The van der Waals surface area contributed by atoms with Crippen molar-refractivity contribution in [2.75, 3.05) is 12.8 Å². The van der Waals surface area contributed by atoms with E-state index in [4.69, 9.17) is 0 Å². The monoisotopic (exact) mass is 369 g/mol. The molecular formula is C19H19N3O3S. The number of rotatable bonds is 3. The molecule has 0 radical (unpaired) electrons. The highest BCUT2D eigenvalue weighted by molar-refractivity contribution is 7.90. The summed E-state index contributed by atoms with van der Waals surface area (Å²) in [5.41, 5.74) is 2.01. The van der Waals surface area contributed by atoms with Crippen LogP contribution in [0.25, 0.3) is 10.8 Å². The van der Waals surface area contributed by atoms with Gasteiger partial charge in [0.05, 0.1) is 5.69 Å². The van der Waals surface area contributed by atoms with E-state index in [-0.39, 0.29) is 10.7 Å². The molecule has 3 aromatic rings. The largest absolute Gasteiger partial charge is 0.297 e. The van der Waals surface area contributed by atoms with Crippen molar-refractivity contribution >= 4 is 20.6 Å². The maximum Gasteiger partial charge on any atom is 0.255 e. The molecule has 0 amide bonds. The molecule has 6 nitrogen and oxygen atoms in total. The number of H-pyrrole nitrogens is 1. The molecule has 1 aliphatic heterocycles. The van der Waals surface area contributed by atoms with Crippen molar-refractivity contribution in [2.45, 2.75) is 24.7 Å². The lowest BCUT2D eigenvalue weighted by atomic mass is 10.0. The van der Waals surface area contributed by atoms with Crippen LogP contribution in [0.2, 0.25) is 0 Å². The van der Waals surface area contributed by atoms with Crippen LogP contribution in [0.4, 0.5) is 0 Å². The Labute approximate surface area is 151 Å². The average Bonchev–Trinajstić information content (AvgIpc) is 2.61. The number of nitrogens with zero attached hydrogens (tertiary/aromatic N) is 2. The normalized spacial score (nSPS) is 15.1. The maximum atomic E-state index is 12.2. The van der Waals surface area contributed by atoms with Gasteiger partial charge in [-0.3, -0.25) is 14.7 Å². The minimum Gasteiger partial charge on any atom is -0.297 e. The highest BCUT2D eigenvalue weighted by Gasteiger charge is 2.23. The highest BCUT2D eigenvalue weighted by Crippen LogP contribution is 2.23. The van der Waals surface area contributed by atoms with Crippen LogP contribution < -0.4 is 5.56 Å². The van der Waals surface area contributed by atoms with Gasteiger partial charge < -0.3 is 0 Å². The van der Waals surface area contributed by atoms with Gasteiger partial charge in [0.1, 0.15) is 0 Å². The summed E-state index contributed by atoms with van der Waals surface area (Å²) in [6, 6.07) is 14.5. The first kappa shape index (κ1) is 16.9. The number of benzene rings is 2. The predicted octanol–water partition coefficient (Wildman–Crippen LogP) is 1.88. The second-order valence-corrected chi connectivity index (χ2v) is 8.60. The Morgan fingerprint density at radius 3 is 2.73 bits per heavy atom. The van der Waals surface area contributed by atoms with Crippen LogP contribution in [-0.4, -0.2) is 36.1 Å². The molecule has 0 spiro atoms. The van der Waals surface area contributed by atoms with Gasteiger partial charge in [0.15, 0.2) is 0 Å². The second-order valence-electron chi connectivity index (χ2n) is 6.67. The van der Waals surface area contributed by atoms with Gasteiger partial charge in [-0.2, -0.15) is 0 Å². The molecule has 7 heteroatoms. The third-order valence-corrected chi connectivity index (χ3v) is 5.65. The minimum atomic E-state index is -3.55. The maximum absolute atomic E-state index is 12.2. The molecule has 134 valence electrons. The molecule has 0 fully saturated rings. The topological polar surface area (TPSA) is 83.1 Å². The molecule has 0 saturated heterocycles. The zero-order valence-corrected chi connectivity index (χ0v) is 15.2. The number of sulfone groups is 1. The van der Waals surface area contributed by atoms with Crippen molar-refractivity contribution in [1.29, 1.82) is 0 Å². The number of hydrogen-bond acceptors (Lipinski definition) is 5. The van der Waals surface area contributed by atoms with Crippen LogP contribution in [0.15, 0.2) is 52.4 Å². The van der Waals surface area contributed by atoms with Gasteiger partial charge in [-0.1, -0.05) is 42.5 Å². The first-order valence-electron chi connectivity index (χ1n) is 8.43. The van der Waals surface area contributed by atoms with E-state index in [1.54, 1.807) is 0 Å². The molecule has 4 rings (SSSR count). The van der Waals surface area contributed by atoms with E-state index < -0.39 is 9.84 Å². The summed E-state index contributed by atoms with van der Waals surface area (Å²) in [7, 11) is -3.55. The van der Waals surface area contributed by atoms with Gasteiger partial charge >= 0.3 is 0 Å². The number of nitrogens with one attached hydrogen (secondary N) is 1. The Balaban J connectivity index is 1.66. The number of aromatic amines is 1. The van der Waals surface area contributed by atoms with Crippen molar-refractivity contribution in [3.63, 3.8) is 0 Å². The summed E-state index contributed by atoms with van der Waals surface area (Å²) in [6.07, 6.45) is 1.61. The minimum absolute atomic E-state index is 0.256. The van der Waals surface area contributed by atoms with E-state index in [0.717, 1.165) is 19.3 Å². The van der Waals surface area contributed by atoms with Gasteiger partial charge in [0.2, 0.25) is 15.0 Å². The molecule has 0 atom stereocenters. The lowest BCUT2D eigenvalue weighted by molar-refractivity contribution is 0.240. The first-order chi connectivity index (χ1) is 12.4. The molecule has 2 aromatic carbocycles. The van der Waals surface area contributed by atoms with E-state index in [1.165, 1.54) is 16.3 Å². The number of fused-ring (bicyclic) bond motifs is 2. The summed E-state index contributed by atoms with van der Waals surface area (Å²) in [6.45, 7) is 1.92. The van der Waals surface area contributed by atoms with E-state index in [0.29, 0.717) is 24.2 Å². The highest BCUT2D eigenvalue weighted by atomic mass is 32.2. The van der Waals surface area contributed by atoms with Gasteiger partial charge in [-0.25, -0.2) is 13.4 Å². The number of aromatic nitrogens is 2. The fraction of sp³-hybridized carbons (Fsp3) is 0.263. The molecular weight excluding hydrogens is 350 g/mol. The predicted molar refractivity (Wildman–Crippen MR) is 99.7 cm³/mol. The van der Waals surface area contributed by atoms with E-state index in [2.05, 4.69) is 39.1 Å². The zero-order chi connectivity index (χ0) is 18.3. The number of hydrogen-bond donors (Lipinski definition) is 1. The molecule has 1 aliphatic rings. The van der Waals surface area contributed by atoms with E-state index in [1.807, 2.05) is 18.2 Å². The molecule has 2 heterocycles. The fourth-order valence-electron chi connectivity index (χ4n) is 3.45. The SMILES string of the molecule is CS(=O)(=O)c1nc2c(c(=O)[nH]1)CCN(Cc1cccc3ccccc13)C2. The van der Waals surface area contributed by atoms with Crippen molar-refractivity contribution in [3.8, 4) is 0 Å². The van der Waals surface area contributed by atoms with Crippen LogP contribution in [0.5, 0.6) is 0 Å². The second kappa shape index (κ2) is 6.34. The van der Waals surface area contributed by atoms with E-state index >= 15 is 0 Å². The lowest BCUT2D eigenvalue weighted by Gasteiger charge is -2.28. The summed E-state index contributed by atoms with van der Waals surface area (Å²) >= 11 is 0. The van der Waals surface area contributed by atoms with Crippen LogP contribution in [0.1, 0.15) is 16.8 Å². The molecule has 0 saturated carbocycles. The quantitative estimate of drug-likeness (QED) is 0.713. The smallest absolute Gasteiger partial charge is 0.255 e. The molecule has 26 heavy (non-hydrogen) atoms. The lowest BCUT2D eigenvalue weighted by Crippen LogP contribution is -2.35. The Bertz CT molecular complexity index is 1150. The van der Waals surface area contributed by atoms with Crippen molar-refractivity contribution in [3.05, 3.63) is 69.6 Å². The third-order valence-electron chi connectivity index (χ3n) is 4.76. The van der Waals surface area contributed by atoms with Crippen molar-refractivity contribution in [1.82, 2.24) is 14.9 Å². The summed E-state index contributed by atoms with van der Waals surface area (Å²) in [5, 5.41) is 2.14. The van der Waals surface area contributed by atoms with E-state index in [9.17, 15) is 13.2 Å². The molecule has 0 bridgehead atoms. The Kier molecular flexibility index (Phi) is 4.13. The third kappa shape index (κ3) is 3.15. The van der Waals surface area contributed by atoms with Gasteiger partial charge in [0, 0.05) is 31.5 Å².